The van der Waals surface area contributed by atoms with E-state index < -0.39 is 0 Å². The number of amides is 1. The third-order valence-corrected chi connectivity index (χ3v) is 2.75. The molecule has 2 heteroatoms. The van der Waals surface area contributed by atoms with Crippen LogP contribution in [-0.2, 0) is 4.79 Å². The van der Waals surface area contributed by atoms with Crippen LogP contribution in [0.4, 0.5) is 0 Å². The number of rotatable bonds is 1. The molecule has 1 N–H and O–H groups in total. The van der Waals surface area contributed by atoms with Crippen LogP contribution in [-0.4, -0.2) is 12.5 Å². The number of piperidine rings is 1. The Balaban J connectivity index is 1.92. The molecular formula is C14H15NO. The summed E-state index contributed by atoms with van der Waals surface area (Å²) in [5, 5.41) is 2.87. The molecule has 2 nitrogen and oxygen atoms in total. The van der Waals surface area contributed by atoms with E-state index in [2.05, 4.69) is 17.2 Å². The van der Waals surface area contributed by atoms with Gasteiger partial charge in [-0.2, -0.15) is 0 Å². The van der Waals surface area contributed by atoms with Gasteiger partial charge in [-0.15, -0.1) is 0 Å². The summed E-state index contributed by atoms with van der Waals surface area (Å²) in [6.07, 6.45) is 2.71. The summed E-state index contributed by atoms with van der Waals surface area (Å²) in [5.74, 6) is 6.42. The van der Waals surface area contributed by atoms with Crippen LogP contribution in [0.3, 0.4) is 0 Å². The molecular weight excluding hydrogens is 198 g/mol. The van der Waals surface area contributed by atoms with E-state index in [-0.39, 0.29) is 11.8 Å². The molecule has 0 aromatic heterocycles. The maximum Gasteiger partial charge on any atom is 0.224 e. The van der Waals surface area contributed by atoms with Gasteiger partial charge in [-0.05, 0) is 25.0 Å². The van der Waals surface area contributed by atoms with Crippen LogP contribution in [0, 0.1) is 17.8 Å². The van der Waals surface area contributed by atoms with Crippen molar-refractivity contribution in [3.05, 3.63) is 35.9 Å². The number of carbonyl (C=O) groups excluding carboxylic acids is 1. The zero-order chi connectivity index (χ0) is 11.2. The maximum atomic E-state index is 11.5. The van der Waals surface area contributed by atoms with Gasteiger partial charge in [0.05, 0.1) is 0 Å². The van der Waals surface area contributed by atoms with Crippen LogP contribution in [0.15, 0.2) is 30.3 Å². The molecule has 16 heavy (non-hydrogen) atoms. The van der Waals surface area contributed by atoms with E-state index in [1.807, 2.05) is 30.3 Å². The van der Waals surface area contributed by atoms with Crippen molar-refractivity contribution in [3.8, 4) is 11.8 Å². The molecule has 0 radical (unpaired) electrons. The van der Waals surface area contributed by atoms with Crippen molar-refractivity contribution in [3.63, 3.8) is 0 Å². The fraction of sp³-hybridized carbons (Fsp3) is 0.357. The van der Waals surface area contributed by atoms with Gasteiger partial charge in [-0.1, -0.05) is 30.0 Å². The summed E-state index contributed by atoms with van der Waals surface area (Å²) in [6.45, 7) is 0.821. The van der Waals surface area contributed by atoms with Gasteiger partial charge >= 0.3 is 0 Å². The van der Waals surface area contributed by atoms with Crippen LogP contribution < -0.4 is 5.32 Å². The van der Waals surface area contributed by atoms with Crippen molar-refractivity contribution >= 4 is 5.91 Å². The fourth-order valence-electron chi connectivity index (χ4n) is 1.83. The predicted molar refractivity (Wildman–Crippen MR) is 63.7 cm³/mol. The minimum absolute atomic E-state index is 0.0879. The van der Waals surface area contributed by atoms with Crippen molar-refractivity contribution in [2.24, 2.45) is 5.92 Å². The molecule has 1 unspecified atom stereocenters. The second-order valence-electron chi connectivity index (χ2n) is 4.00. The number of hydrogen-bond donors (Lipinski definition) is 1. The second kappa shape index (κ2) is 5.37. The summed E-state index contributed by atoms with van der Waals surface area (Å²) in [4.78, 5) is 11.5. The molecule has 1 fully saturated rings. The number of carbonyl (C=O) groups is 1. The van der Waals surface area contributed by atoms with E-state index in [1.54, 1.807) is 0 Å². The van der Waals surface area contributed by atoms with E-state index in [1.165, 1.54) is 0 Å². The molecule has 0 aliphatic carbocycles. The molecule has 82 valence electrons. The molecule has 1 aromatic rings. The Labute approximate surface area is 96.1 Å². The smallest absolute Gasteiger partial charge is 0.224 e. The average Bonchev–Trinajstić information content (AvgIpc) is 2.33. The highest BCUT2D eigenvalue weighted by atomic mass is 16.1. The summed E-state index contributed by atoms with van der Waals surface area (Å²) in [5.41, 5.74) is 1.01. The average molecular weight is 213 g/mol. The lowest BCUT2D eigenvalue weighted by atomic mass is 9.95. The highest BCUT2D eigenvalue weighted by molar-refractivity contribution is 5.79. The molecule has 1 aliphatic rings. The molecule has 2 rings (SSSR count). The zero-order valence-corrected chi connectivity index (χ0v) is 9.20. The van der Waals surface area contributed by atoms with E-state index in [4.69, 9.17) is 0 Å². The van der Waals surface area contributed by atoms with Gasteiger partial charge in [-0.25, -0.2) is 0 Å². The first-order valence-corrected chi connectivity index (χ1v) is 5.68. The summed E-state index contributed by atoms with van der Waals surface area (Å²) >= 11 is 0. The Bertz CT molecular complexity index is 413. The summed E-state index contributed by atoms with van der Waals surface area (Å²) in [7, 11) is 0. The van der Waals surface area contributed by atoms with Crippen LogP contribution in [0.2, 0.25) is 0 Å². The minimum atomic E-state index is 0.0879. The molecule has 0 saturated carbocycles. The molecule has 1 aromatic carbocycles. The van der Waals surface area contributed by atoms with Crippen LogP contribution in [0.1, 0.15) is 24.8 Å². The molecule has 1 aliphatic heterocycles. The van der Waals surface area contributed by atoms with Crippen molar-refractivity contribution in [2.75, 3.05) is 6.54 Å². The van der Waals surface area contributed by atoms with Gasteiger partial charge in [0.2, 0.25) is 5.91 Å². The van der Waals surface area contributed by atoms with E-state index in [9.17, 15) is 4.79 Å². The molecule has 1 saturated heterocycles. The van der Waals surface area contributed by atoms with E-state index >= 15 is 0 Å². The third-order valence-electron chi connectivity index (χ3n) is 2.75. The first-order valence-electron chi connectivity index (χ1n) is 5.68. The van der Waals surface area contributed by atoms with Gasteiger partial charge in [0.1, 0.15) is 0 Å². The first-order chi connectivity index (χ1) is 7.86. The SMILES string of the molecule is O=C1NCCCC1CC#Cc1ccccc1. The zero-order valence-electron chi connectivity index (χ0n) is 9.20. The van der Waals surface area contributed by atoms with E-state index in [0.717, 1.165) is 24.9 Å². The van der Waals surface area contributed by atoms with Crippen molar-refractivity contribution in [2.45, 2.75) is 19.3 Å². The lowest BCUT2D eigenvalue weighted by Crippen LogP contribution is -2.36. The molecule has 1 amide bonds. The molecule has 0 spiro atoms. The maximum absolute atomic E-state index is 11.5. The van der Waals surface area contributed by atoms with Crippen molar-refractivity contribution < 1.29 is 4.79 Å². The topological polar surface area (TPSA) is 29.1 Å². The first kappa shape index (κ1) is 10.8. The van der Waals surface area contributed by atoms with Crippen LogP contribution in [0.5, 0.6) is 0 Å². The van der Waals surface area contributed by atoms with E-state index in [0.29, 0.717) is 6.42 Å². The van der Waals surface area contributed by atoms with Crippen molar-refractivity contribution in [1.82, 2.24) is 5.32 Å². The number of nitrogens with one attached hydrogen (secondary N) is 1. The molecule has 1 atom stereocenters. The summed E-state index contributed by atoms with van der Waals surface area (Å²) in [6, 6.07) is 9.87. The Kier molecular flexibility index (Phi) is 3.61. The summed E-state index contributed by atoms with van der Waals surface area (Å²) < 4.78 is 0. The monoisotopic (exact) mass is 213 g/mol. The Morgan fingerprint density at radius 2 is 2.12 bits per heavy atom. The van der Waals surface area contributed by atoms with Gasteiger partial charge in [0.15, 0.2) is 0 Å². The number of benzene rings is 1. The van der Waals surface area contributed by atoms with Crippen LogP contribution >= 0.6 is 0 Å². The predicted octanol–water partition coefficient (Wildman–Crippen LogP) is 1.95. The van der Waals surface area contributed by atoms with Gasteiger partial charge in [0, 0.05) is 24.4 Å². The minimum Gasteiger partial charge on any atom is -0.356 e. The molecule has 0 bridgehead atoms. The lowest BCUT2D eigenvalue weighted by Gasteiger charge is -2.19. The third kappa shape index (κ3) is 2.87. The van der Waals surface area contributed by atoms with Gasteiger partial charge in [-0.3, -0.25) is 4.79 Å². The quantitative estimate of drug-likeness (QED) is 0.710. The fourth-order valence-corrected chi connectivity index (χ4v) is 1.83. The van der Waals surface area contributed by atoms with Crippen molar-refractivity contribution in [1.29, 1.82) is 0 Å². The van der Waals surface area contributed by atoms with Crippen LogP contribution in [0.25, 0.3) is 0 Å². The Morgan fingerprint density at radius 1 is 1.31 bits per heavy atom. The normalized spacial score (nSPS) is 19.5. The number of hydrogen-bond acceptors (Lipinski definition) is 1. The Morgan fingerprint density at radius 3 is 2.88 bits per heavy atom. The van der Waals surface area contributed by atoms with Gasteiger partial charge in [0.25, 0.3) is 0 Å². The highest BCUT2D eigenvalue weighted by Crippen LogP contribution is 2.14. The standard InChI is InChI=1S/C14H15NO/c16-14-13(10-5-11-15-14)9-4-8-12-6-2-1-3-7-12/h1-3,6-7,13H,5,9-11H2,(H,15,16). The molecule has 1 heterocycles. The lowest BCUT2D eigenvalue weighted by molar-refractivity contribution is -0.126. The Hall–Kier alpha value is -1.75. The second-order valence-corrected chi connectivity index (χ2v) is 4.00. The highest BCUT2D eigenvalue weighted by Gasteiger charge is 2.20. The largest absolute Gasteiger partial charge is 0.356 e. The van der Waals surface area contributed by atoms with Gasteiger partial charge < -0.3 is 5.32 Å².